The number of nitrogens with one attached hydrogen (secondary N) is 1. The van der Waals surface area contributed by atoms with Crippen molar-refractivity contribution in [3.63, 3.8) is 0 Å². The molecule has 0 aliphatic carbocycles. The van der Waals surface area contributed by atoms with Gasteiger partial charge in [-0.15, -0.1) is 0 Å². The molecule has 7 heteroatoms. The van der Waals surface area contributed by atoms with Crippen LogP contribution in [0.15, 0.2) is 77.4 Å². The molecule has 0 saturated carbocycles. The monoisotopic (exact) mass is 420 g/mol. The van der Waals surface area contributed by atoms with Crippen LogP contribution in [0.2, 0.25) is 5.02 Å². The molecule has 2 aromatic carbocycles. The molecular formula is C23H21ClN4O2. The summed E-state index contributed by atoms with van der Waals surface area (Å²) in [4.78, 5) is 15.1. The first kappa shape index (κ1) is 19.9. The Kier molecular flexibility index (Phi) is 5.70. The van der Waals surface area contributed by atoms with Gasteiger partial charge in [0, 0.05) is 23.3 Å². The maximum absolute atomic E-state index is 13.0. The van der Waals surface area contributed by atoms with Crippen LogP contribution in [-0.4, -0.2) is 34.7 Å². The molecule has 0 radical (unpaired) electrons. The first-order valence-electron chi connectivity index (χ1n) is 9.45. The van der Waals surface area contributed by atoms with Gasteiger partial charge in [-0.2, -0.15) is 5.10 Å². The van der Waals surface area contributed by atoms with E-state index in [1.165, 1.54) is 0 Å². The fraction of sp³-hybridized carbons (Fsp3) is 0.130. The van der Waals surface area contributed by atoms with Crippen molar-refractivity contribution in [3.05, 3.63) is 89.3 Å². The number of furan rings is 1. The predicted octanol–water partition coefficient (Wildman–Crippen LogP) is 5.10. The molecule has 0 aliphatic heterocycles. The fourth-order valence-electron chi connectivity index (χ4n) is 3.20. The number of anilines is 1. The van der Waals surface area contributed by atoms with Gasteiger partial charge in [-0.3, -0.25) is 4.79 Å². The summed E-state index contributed by atoms with van der Waals surface area (Å²) in [6.45, 7) is 0.713. The molecule has 0 aliphatic rings. The van der Waals surface area contributed by atoms with Crippen LogP contribution in [-0.2, 0) is 6.54 Å². The van der Waals surface area contributed by atoms with Gasteiger partial charge in [0.2, 0.25) is 0 Å². The Morgan fingerprint density at radius 3 is 2.67 bits per heavy atom. The minimum absolute atomic E-state index is 0.279. The third kappa shape index (κ3) is 4.30. The molecular weight excluding hydrogens is 400 g/mol. The van der Waals surface area contributed by atoms with Crippen molar-refractivity contribution in [1.82, 2.24) is 14.7 Å². The van der Waals surface area contributed by atoms with Crippen molar-refractivity contribution in [1.29, 1.82) is 0 Å². The minimum Gasteiger partial charge on any atom is -0.463 e. The highest BCUT2D eigenvalue weighted by molar-refractivity contribution is 6.30. The van der Waals surface area contributed by atoms with Crippen LogP contribution in [0.25, 0.3) is 17.1 Å². The second-order valence-electron chi connectivity index (χ2n) is 7.13. The molecule has 0 unspecified atom stereocenters. The Hall–Kier alpha value is -3.35. The molecule has 0 bridgehead atoms. The standard InChI is InChI=1S/C23H21ClN4O2/c1-27(2)15-16-7-3-4-10-19(16)25-23(29)20-14-21(22-11-6-12-30-22)28(26-20)18-9-5-8-17(24)13-18/h3-14H,15H2,1-2H3,(H,25,29). The number of aromatic nitrogens is 2. The lowest BCUT2D eigenvalue weighted by molar-refractivity contribution is 0.102. The number of halogens is 1. The van der Waals surface area contributed by atoms with Gasteiger partial charge >= 0.3 is 0 Å². The Bertz CT molecular complexity index is 1170. The van der Waals surface area contributed by atoms with Gasteiger partial charge in [-0.05, 0) is 56.1 Å². The van der Waals surface area contributed by atoms with E-state index in [2.05, 4.69) is 10.4 Å². The van der Waals surface area contributed by atoms with E-state index in [9.17, 15) is 4.79 Å². The molecule has 0 fully saturated rings. The summed E-state index contributed by atoms with van der Waals surface area (Å²) < 4.78 is 7.21. The summed E-state index contributed by atoms with van der Waals surface area (Å²) in [5, 5.41) is 8.10. The third-order valence-electron chi connectivity index (χ3n) is 4.52. The maximum Gasteiger partial charge on any atom is 0.276 e. The number of rotatable bonds is 6. The van der Waals surface area contributed by atoms with Crippen molar-refractivity contribution < 1.29 is 9.21 Å². The number of carbonyl (C=O) groups is 1. The Balaban J connectivity index is 1.70. The lowest BCUT2D eigenvalue weighted by atomic mass is 10.1. The number of carbonyl (C=O) groups excluding carboxylic acids is 1. The van der Waals surface area contributed by atoms with Crippen molar-refractivity contribution in [2.45, 2.75) is 6.54 Å². The molecule has 4 rings (SSSR count). The zero-order valence-electron chi connectivity index (χ0n) is 16.7. The zero-order valence-corrected chi connectivity index (χ0v) is 17.4. The number of hydrogen-bond donors (Lipinski definition) is 1. The number of nitrogens with zero attached hydrogens (tertiary/aromatic N) is 3. The van der Waals surface area contributed by atoms with E-state index in [0.29, 0.717) is 23.0 Å². The molecule has 0 atom stereocenters. The number of amides is 1. The highest BCUT2D eigenvalue weighted by atomic mass is 35.5. The van der Waals surface area contributed by atoms with Crippen LogP contribution in [0.3, 0.4) is 0 Å². The van der Waals surface area contributed by atoms with E-state index in [4.69, 9.17) is 16.0 Å². The molecule has 2 heterocycles. The summed E-state index contributed by atoms with van der Waals surface area (Å²) in [6, 6.07) is 20.3. The zero-order chi connectivity index (χ0) is 21.1. The average molecular weight is 421 g/mol. The molecule has 6 nitrogen and oxygen atoms in total. The van der Waals surface area contributed by atoms with Crippen LogP contribution in [0.4, 0.5) is 5.69 Å². The third-order valence-corrected chi connectivity index (χ3v) is 4.76. The Morgan fingerprint density at radius 1 is 1.10 bits per heavy atom. The largest absolute Gasteiger partial charge is 0.463 e. The number of benzene rings is 2. The van der Waals surface area contributed by atoms with Crippen LogP contribution >= 0.6 is 11.6 Å². The van der Waals surface area contributed by atoms with Crippen LogP contribution in [0.5, 0.6) is 0 Å². The van der Waals surface area contributed by atoms with Crippen molar-refractivity contribution >= 4 is 23.2 Å². The van der Waals surface area contributed by atoms with Gasteiger partial charge in [0.25, 0.3) is 5.91 Å². The SMILES string of the molecule is CN(C)Cc1ccccc1NC(=O)c1cc(-c2ccco2)n(-c2cccc(Cl)c2)n1. The summed E-state index contributed by atoms with van der Waals surface area (Å²) in [5.41, 5.74) is 3.46. The van der Waals surface area contributed by atoms with Crippen molar-refractivity contribution in [2.24, 2.45) is 0 Å². The van der Waals surface area contributed by atoms with E-state index in [1.807, 2.05) is 61.5 Å². The quantitative estimate of drug-likeness (QED) is 0.471. The van der Waals surface area contributed by atoms with Crippen molar-refractivity contribution in [3.8, 4) is 17.1 Å². The Labute approximate surface area is 179 Å². The lowest BCUT2D eigenvalue weighted by Crippen LogP contribution is -2.17. The molecule has 152 valence electrons. The predicted molar refractivity (Wildman–Crippen MR) is 118 cm³/mol. The van der Waals surface area contributed by atoms with E-state index >= 15 is 0 Å². The fourth-order valence-corrected chi connectivity index (χ4v) is 3.39. The normalized spacial score (nSPS) is 11.1. The van der Waals surface area contributed by atoms with Gasteiger partial charge < -0.3 is 14.6 Å². The van der Waals surface area contributed by atoms with E-state index in [-0.39, 0.29) is 11.6 Å². The molecule has 1 N–H and O–H groups in total. The van der Waals surface area contributed by atoms with Crippen molar-refractivity contribution in [2.75, 3.05) is 19.4 Å². The van der Waals surface area contributed by atoms with Crippen LogP contribution < -0.4 is 5.32 Å². The van der Waals surface area contributed by atoms with Gasteiger partial charge in [0.1, 0.15) is 5.69 Å². The minimum atomic E-state index is -0.296. The first-order chi connectivity index (χ1) is 14.5. The summed E-state index contributed by atoms with van der Waals surface area (Å²) in [5.74, 6) is 0.310. The van der Waals surface area contributed by atoms with Gasteiger partial charge in [-0.1, -0.05) is 35.9 Å². The van der Waals surface area contributed by atoms with Crippen LogP contribution in [0.1, 0.15) is 16.1 Å². The van der Waals surface area contributed by atoms with E-state index in [1.54, 1.807) is 35.2 Å². The number of para-hydroxylation sites is 1. The second kappa shape index (κ2) is 8.57. The summed E-state index contributed by atoms with van der Waals surface area (Å²) in [6.07, 6.45) is 1.59. The number of hydrogen-bond acceptors (Lipinski definition) is 4. The smallest absolute Gasteiger partial charge is 0.276 e. The molecule has 1 amide bonds. The highest BCUT2D eigenvalue weighted by Gasteiger charge is 2.19. The average Bonchev–Trinajstić information content (AvgIpc) is 3.39. The van der Waals surface area contributed by atoms with E-state index < -0.39 is 0 Å². The van der Waals surface area contributed by atoms with Gasteiger partial charge in [0.15, 0.2) is 11.5 Å². The first-order valence-corrected chi connectivity index (χ1v) is 9.83. The lowest BCUT2D eigenvalue weighted by Gasteiger charge is -2.14. The summed E-state index contributed by atoms with van der Waals surface area (Å²) >= 11 is 6.16. The molecule has 0 spiro atoms. The second-order valence-corrected chi connectivity index (χ2v) is 7.57. The van der Waals surface area contributed by atoms with E-state index in [0.717, 1.165) is 16.9 Å². The molecule has 4 aromatic rings. The summed E-state index contributed by atoms with van der Waals surface area (Å²) in [7, 11) is 3.97. The molecule has 0 saturated heterocycles. The van der Waals surface area contributed by atoms with Gasteiger partial charge in [-0.25, -0.2) is 4.68 Å². The maximum atomic E-state index is 13.0. The molecule has 2 aromatic heterocycles. The molecule has 30 heavy (non-hydrogen) atoms. The topological polar surface area (TPSA) is 63.3 Å². The Morgan fingerprint density at radius 2 is 1.93 bits per heavy atom. The highest BCUT2D eigenvalue weighted by Crippen LogP contribution is 2.26. The van der Waals surface area contributed by atoms with Crippen LogP contribution in [0, 0.1) is 0 Å². The van der Waals surface area contributed by atoms with Gasteiger partial charge in [0.05, 0.1) is 12.0 Å².